The molecule has 0 aromatic carbocycles. The Hall–Kier alpha value is -1.80. The summed E-state index contributed by atoms with van der Waals surface area (Å²) >= 11 is 1.50. The van der Waals surface area contributed by atoms with Crippen molar-refractivity contribution in [3.63, 3.8) is 0 Å². The molecule has 0 radical (unpaired) electrons. The number of thiazole rings is 1. The summed E-state index contributed by atoms with van der Waals surface area (Å²) < 4.78 is 0. The fourth-order valence-corrected chi connectivity index (χ4v) is 3.05. The summed E-state index contributed by atoms with van der Waals surface area (Å²) in [6, 6.07) is 0. The lowest BCUT2D eigenvalue weighted by Crippen LogP contribution is -2.22. The van der Waals surface area contributed by atoms with Gasteiger partial charge in [0.25, 0.3) is 5.91 Å². The van der Waals surface area contributed by atoms with E-state index in [1.54, 1.807) is 0 Å². The Kier molecular flexibility index (Phi) is 3.75. The number of aromatic amines is 1. The zero-order valence-electron chi connectivity index (χ0n) is 11.2. The van der Waals surface area contributed by atoms with Gasteiger partial charge in [-0.05, 0) is 6.42 Å². The zero-order valence-corrected chi connectivity index (χ0v) is 12.0. The normalized spacial score (nSPS) is 14.1. The van der Waals surface area contributed by atoms with Crippen molar-refractivity contribution >= 4 is 22.4 Å². The van der Waals surface area contributed by atoms with E-state index >= 15 is 0 Å². The van der Waals surface area contributed by atoms with Crippen molar-refractivity contribution in [3.05, 3.63) is 22.2 Å². The molecule has 8 heteroatoms. The molecule has 2 aromatic rings. The molecular weight excluding hydrogens is 276 g/mol. The first-order chi connectivity index (χ1) is 9.76. The van der Waals surface area contributed by atoms with Crippen LogP contribution in [0.25, 0.3) is 0 Å². The number of hydrogen-bond acceptors (Lipinski definition) is 6. The summed E-state index contributed by atoms with van der Waals surface area (Å²) in [5, 5.41) is 13.4. The first-order valence-electron chi connectivity index (χ1n) is 6.68. The van der Waals surface area contributed by atoms with Crippen LogP contribution in [0, 0.1) is 0 Å². The average Bonchev–Trinajstić information content (AvgIpc) is 3.04. The predicted molar refractivity (Wildman–Crippen MR) is 75.9 cm³/mol. The van der Waals surface area contributed by atoms with Crippen LogP contribution >= 0.6 is 11.3 Å². The Morgan fingerprint density at radius 1 is 1.45 bits per heavy atom. The minimum atomic E-state index is -0.317. The van der Waals surface area contributed by atoms with Crippen molar-refractivity contribution in [2.75, 3.05) is 11.9 Å². The van der Waals surface area contributed by atoms with Crippen LogP contribution in [0.15, 0.2) is 0 Å². The number of anilines is 1. The van der Waals surface area contributed by atoms with E-state index in [-0.39, 0.29) is 11.7 Å². The Morgan fingerprint density at radius 2 is 2.35 bits per heavy atom. The van der Waals surface area contributed by atoms with Crippen molar-refractivity contribution in [3.8, 4) is 0 Å². The third kappa shape index (κ3) is 2.70. The van der Waals surface area contributed by atoms with Gasteiger partial charge in [0.1, 0.15) is 5.82 Å². The molecule has 3 rings (SSSR count). The molecule has 0 fully saturated rings. The molecule has 20 heavy (non-hydrogen) atoms. The lowest BCUT2D eigenvalue weighted by atomic mass is 10.2. The van der Waals surface area contributed by atoms with E-state index in [2.05, 4.69) is 37.7 Å². The predicted octanol–water partition coefficient (Wildman–Crippen LogP) is 1.11. The highest BCUT2D eigenvalue weighted by molar-refractivity contribution is 7.15. The smallest absolute Gasteiger partial charge is 0.297 e. The van der Waals surface area contributed by atoms with Gasteiger partial charge in [-0.25, -0.2) is 9.97 Å². The summed E-state index contributed by atoms with van der Waals surface area (Å²) in [7, 11) is 0. The molecule has 0 saturated carbocycles. The SMILES string of the molecule is CCCc1nc(C(=O)Nc2nc3c(s2)CNCC3)n[nH]1. The minimum absolute atomic E-state index is 0.166. The highest BCUT2D eigenvalue weighted by Crippen LogP contribution is 2.25. The average molecular weight is 292 g/mol. The maximum Gasteiger partial charge on any atom is 0.297 e. The van der Waals surface area contributed by atoms with E-state index in [0.717, 1.165) is 43.9 Å². The maximum atomic E-state index is 12.0. The molecular formula is C12H16N6OS. The number of nitrogens with zero attached hydrogens (tertiary/aromatic N) is 3. The number of fused-ring (bicyclic) bond motifs is 1. The highest BCUT2D eigenvalue weighted by atomic mass is 32.1. The molecule has 0 spiro atoms. The van der Waals surface area contributed by atoms with Crippen LogP contribution in [0.2, 0.25) is 0 Å². The van der Waals surface area contributed by atoms with Crippen LogP contribution in [0.4, 0.5) is 5.13 Å². The molecule has 1 aliphatic heterocycles. The van der Waals surface area contributed by atoms with Gasteiger partial charge in [-0.15, -0.1) is 16.4 Å². The molecule has 0 aliphatic carbocycles. The van der Waals surface area contributed by atoms with Crippen LogP contribution in [-0.4, -0.2) is 32.6 Å². The van der Waals surface area contributed by atoms with E-state index in [1.807, 2.05) is 0 Å². The van der Waals surface area contributed by atoms with E-state index in [4.69, 9.17) is 0 Å². The van der Waals surface area contributed by atoms with E-state index < -0.39 is 0 Å². The Balaban J connectivity index is 1.70. The van der Waals surface area contributed by atoms with E-state index in [1.165, 1.54) is 16.2 Å². The molecule has 1 aliphatic rings. The topological polar surface area (TPSA) is 95.6 Å². The number of rotatable bonds is 4. The molecule has 0 atom stereocenters. The van der Waals surface area contributed by atoms with Gasteiger partial charge in [-0.3, -0.25) is 15.2 Å². The second kappa shape index (κ2) is 5.68. The van der Waals surface area contributed by atoms with Gasteiger partial charge in [0, 0.05) is 30.8 Å². The number of aryl methyl sites for hydroxylation is 1. The van der Waals surface area contributed by atoms with Gasteiger partial charge in [0.2, 0.25) is 5.82 Å². The molecule has 106 valence electrons. The third-order valence-corrected chi connectivity index (χ3v) is 4.06. The fourth-order valence-electron chi connectivity index (χ4n) is 2.08. The third-order valence-electron chi connectivity index (χ3n) is 3.04. The number of aromatic nitrogens is 4. The number of carbonyl (C=O) groups excluding carboxylic acids is 1. The van der Waals surface area contributed by atoms with Gasteiger partial charge < -0.3 is 5.32 Å². The lowest BCUT2D eigenvalue weighted by Gasteiger charge is -2.09. The van der Waals surface area contributed by atoms with E-state index in [0.29, 0.717) is 5.13 Å². The molecule has 2 aromatic heterocycles. The second-order valence-electron chi connectivity index (χ2n) is 4.63. The van der Waals surface area contributed by atoms with E-state index in [9.17, 15) is 4.79 Å². The van der Waals surface area contributed by atoms with Crippen LogP contribution in [0.3, 0.4) is 0 Å². The van der Waals surface area contributed by atoms with Crippen molar-refractivity contribution in [1.82, 2.24) is 25.5 Å². The van der Waals surface area contributed by atoms with Crippen LogP contribution < -0.4 is 10.6 Å². The zero-order chi connectivity index (χ0) is 13.9. The van der Waals surface area contributed by atoms with Crippen molar-refractivity contribution in [2.45, 2.75) is 32.7 Å². The van der Waals surface area contributed by atoms with Gasteiger partial charge in [0.05, 0.1) is 5.69 Å². The maximum absolute atomic E-state index is 12.0. The summed E-state index contributed by atoms with van der Waals surface area (Å²) in [6.07, 6.45) is 2.66. The Labute approximate surface area is 120 Å². The largest absolute Gasteiger partial charge is 0.311 e. The second-order valence-corrected chi connectivity index (χ2v) is 5.71. The number of amides is 1. The molecule has 3 N–H and O–H groups in total. The molecule has 0 bridgehead atoms. The standard InChI is InChI=1S/C12H16N6OS/c1-2-3-9-15-10(18-17-9)11(19)16-12-14-7-4-5-13-6-8(7)20-12/h13H,2-6H2,1H3,(H,14,16,19)(H,15,17,18). The molecule has 1 amide bonds. The summed E-state index contributed by atoms with van der Waals surface area (Å²) in [5.41, 5.74) is 1.07. The lowest BCUT2D eigenvalue weighted by molar-refractivity contribution is 0.101. The molecule has 7 nitrogen and oxygen atoms in total. The first kappa shape index (κ1) is 13.2. The highest BCUT2D eigenvalue weighted by Gasteiger charge is 2.18. The molecule has 0 saturated heterocycles. The molecule has 0 unspecified atom stereocenters. The molecule has 3 heterocycles. The van der Waals surface area contributed by atoms with Crippen molar-refractivity contribution < 1.29 is 4.79 Å². The first-order valence-corrected chi connectivity index (χ1v) is 7.50. The number of hydrogen-bond donors (Lipinski definition) is 3. The fraction of sp³-hybridized carbons (Fsp3) is 0.500. The van der Waals surface area contributed by atoms with Gasteiger partial charge in [-0.1, -0.05) is 6.92 Å². The summed E-state index contributed by atoms with van der Waals surface area (Å²) in [4.78, 5) is 21.8. The Bertz CT molecular complexity index is 596. The van der Waals surface area contributed by atoms with Gasteiger partial charge in [0.15, 0.2) is 5.13 Å². The van der Waals surface area contributed by atoms with Gasteiger partial charge >= 0.3 is 0 Å². The van der Waals surface area contributed by atoms with Crippen LogP contribution in [-0.2, 0) is 19.4 Å². The number of nitrogens with one attached hydrogen (secondary N) is 3. The van der Waals surface area contributed by atoms with Crippen LogP contribution in [0.1, 0.15) is 40.4 Å². The number of H-pyrrole nitrogens is 1. The van der Waals surface area contributed by atoms with Crippen LogP contribution in [0.5, 0.6) is 0 Å². The summed E-state index contributed by atoms with van der Waals surface area (Å²) in [5.74, 6) is 0.586. The number of carbonyl (C=O) groups is 1. The van der Waals surface area contributed by atoms with Crippen molar-refractivity contribution in [2.24, 2.45) is 0 Å². The monoisotopic (exact) mass is 292 g/mol. The minimum Gasteiger partial charge on any atom is -0.311 e. The van der Waals surface area contributed by atoms with Gasteiger partial charge in [-0.2, -0.15) is 0 Å². The Morgan fingerprint density at radius 3 is 3.15 bits per heavy atom. The van der Waals surface area contributed by atoms with Crippen molar-refractivity contribution in [1.29, 1.82) is 0 Å². The quantitative estimate of drug-likeness (QED) is 0.784. The summed E-state index contributed by atoms with van der Waals surface area (Å²) in [6.45, 7) is 3.81.